The van der Waals surface area contributed by atoms with Crippen LogP contribution in [0.2, 0.25) is 0 Å². The molecule has 0 saturated carbocycles. The van der Waals surface area contributed by atoms with Crippen molar-refractivity contribution < 1.29 is 23.9 Å². The van der Waals surface area contributed by atoms with Gasteiger partial charge in [-0.3, -0.25) is 24.1 Å². The lowest BCUT2D eigenvalue weighted by Crippen LogP contribution is -2.47. The second-order valence-corrected chi connectivity index (χ2v) is 6.66. The van der Waals surface area contributed by atoms with Gasteiger partial charge >= 0.3 is 0 Å². The average molecular weight is 370 g/mol. The molecule has 1 saturated heterocycles. The maximum atomic E-state index is 11.8. The standard InChI is InChI=1S/C20H22N2O5/c23-17(15-2-1-3-15)12-27-13-18(24)21-16-7-4-14(5-8-16)6-9-19(25)22-11-10-20(22)26/h1-2,4-5,7-8,15H,3,6,9-13H2,(H,21,24). The molecule has 27 heavy (non-hydrogen) atoms. The number of carbonyl (C=O) groups excluding carboxylic acids is 4. The molecule has 1 aliphatic heterocycles. The topological polar surface area (TPSA) is 92.8 Å². The number of aryl methyl sites for hydroxylation is 1. The van der Waals surface area contributed by atoms with E-state index in [-0.39, 0.29) is 49.1 Å². The number of β-lactam (4-membered cyclic amide) rings is 1. The predicted molar refractivity (Wildman–Crippen MR) is 97.8 cm³/mol. The van der Waals surface area contributed by atoms with Crippen LogP contribution in [-0.2, 0) is 30.3 Å². The van der Waals surface area contributed by atoms with Crippen LogP contribution in [0.3, 0.4) is 0 Å². The molecule has 1 aromatic carbocycles. The predicted octanol–water partition coefficient (Wildman–Crippen LogP) is 1.48. The molecule has 1 heterocycles. The van der Waals surface area contributed by atoms with Gasteiger partial charge in [-0.25, -0.2) is 0 Å². The third-order valence-corrected chi connectivity index (χ3v) is 4.67. The van der Waals surface area contributed by atoms with Gasteiger partial charge in [0.15, 0.2) is 5.78 Å². The van der Waals surface area contributed by atoms with E-state index in [1.54, 1.807) is 12.1 Å². The minimum Gasteiger partial charge on any atom is -0.364 e. The summed E-state index contributed by atoms with van der Waals surface area (Å²) in [4.78, 5) is 47.8. The quantitative estimate of drug-likeness (QED) is 0.525. The van der Waals surface area contributed by atoms with E-state index in [1.165, 1.54) is 4.90 Å². The minimum atomic E-state index is -0.328. The number of nitrogens with one attached hydrogen (secondary N) is 1. The van der Waals surface area contributed by atoms with Crippen molar-refractivity contribution in [2.24, 2.45) is 5.92 Å². The normalized spacial score (nSPS) is 17.9. The van der Waals surface area contributed by atoms with E-state index < -0.39 is 0 Å². The summed E-state index contributed by atoms with van der Waals surface area (Å²) >= 11 is 0. The monoisotopic (exact) mass is 370 g/mol. The molecule has 2 aliphatic rings. The number of imide groups is 1. The Morgan fingerprint density at radius 2 is 1.89 bits per heavy atom. The fourth-order valence-electron chi connectivity index (χ4n) is 2.78. The van der Waals surface area contributed by atoms with E-state index >= 15 is 0 Å². The number of hydrogen-bond donors (Lipinski definition) is 1. The van der Waals surface area contributed by atoms with Gasteiger partial charge in [0, 0.05) is 31.0 Å². The third kappa shape index (κ3) is 5.10. The van der Waals surface area contributed by atoms with Crippen LogP contribution < -0.4 is 5.32 Å². The number of Topliss-reactive ketones (excluding diaryl/α,β-unsaturated/α-hetero) is 1. The molecule has 1 aliphatic carbocycles. The van der Waals surface area contributed by atoms with E-state index in [9.17, 15) is 19.2 Å². The van der Waals surface area contributed by atoms with Crippen LogP contribution in [0.4, 0.5) is 5.69 Å². The highest BCUT2D eigenvalue weighted by molar-refractivity contribution is 5.99. The first kappa shape index (κ1) is 19.0. The maximum Gasteiger partial charge on any atom is 0.250 e. The van der Waals surface area contributed by atoms with E-state index in [4.69, 9.17) is 4.74 Å². The second kappa shape index (κ2) is 8.73. The van der Waals surface area contributed by atoms with Crippen molar-refractivity contribution in [2.75, 3.05) is 25.1 Å². The Balaban J connectivity index is 1.36. The molecule has 0 aromatic heterocycles. The minimum absolute atomic E-state index is 0.0101. The number of ether oxygens (including phenoxy) is 1. The number of rotatable bonds is 9. The molecular weight excluding hydrogens is 348 g/mol. The SMILES string of the molecule is O=C(COCC(=O)C1C=CC1)Nc1ccc(CCC(=O)N2CCC2=O)cc1. The van der Waals surface area contributed by atoms with Crippen LogP contribution in [0.5, 0.6) is 0 Å². The van der Waals surface area contributed by atoms with Crippen LogP contribution in [0, 0.1) is 5.92 Å². The lowest BCUT2D eigenvalue weighted by Gasteiger charge is -2.28. The van der Waals surface area contributed by atoms with Crippen LogP contribution in [0.1, 0.15) is 24.8 Å². The molecule has 0 spiro atoms. The van der Waals surface area contributed by atoms with E-state index in [1.807, 2.05) is 24.3 Å². The van der Waals surface area contributed by atoms with E-state index in [2.05, 4.69) is 5.32 Å². The summed E-state index contributed by atoms with van der Waals surface area (Å²) < 4.78 is 5.16. The van der Waals surface area contributed by atoms with Crippen molar-refractivity contribution in [1.29, 1.82) is 0 Å². The number of carbonyl (C=O) groups is 4. The molecule has 142 valence electrons. The van der Waals surface area contributed by atoms with Crippen molar-refractivity contribution in [3.8, 4) is 0 Å². The summed E-state index contributed by atoms with van der Waals surface area (Å²) in [6.07, 6.45) is 5.80. The fourth-order valence-corrected chi connectivity index (χ4v) is 2.78. The van der Waals surface area contributed by atoms with Crippen molar-refractivity contribution in [1.82, 2.24) is 4.90 Å². The summed E-state index contributed by atoms with van der Waals surface area (Å²) in [5.41, 5.74) is 1.56. The van der Waals surface area contributed by atoms with Crippen LogP contribution >= 0.6 is 0 Å². The van der Waals surface area contributed by atoms with Crippen LogP contribution in [-0.4, -0.2) is 48.2 Å². The van der Waals surface area contributed by atoms with Crippen molar-refractivity contribution >= 4 is 29.2 Å². The first-order chi connectivity index (χ1) is 13.0. The number of likely N-dealkylation sites (tertiary alicyclic amines) is 1. The van der Waals surface area contributed by atoms with Gasteiger partial charge in [0.2, 0.25) is 17.7 Å². The molecule has 0 bridgehead atoms. The largest absolute Gasteiger partial charge is 0.364 e. The Morgan fingerprint density at radius 3 is 2.44 bits per heavy atom. The average Bonchev–Trinajstić information content (AvgIpc) is 2.58. The summed E-state index contributed by atoms with van der Waals surface area (Å²) in [6.45, 7) is 0.283. The highest BCUT2D eigenvalue weighted by Crippen LogP contribution is 2.17. The van der Waals surface area contributed by atoms with Crippen LogP contribution in [0.15, 0.2) is 36.4 Å². The van der Waals surface area contributed by atoms with Crippen molar-refractivity contribution in [3.05, 3.63) is 42.0 Å². The summed E-state index contributed by atoms with van der Waals surface area (Å²) in [5.74, 6) is -0.652. The van der Waals surface area contributed by atoms with Gasteiger partial charge in [-0.15, -0.1) is 0 Å². The summed E-state index contributed by atoms with van der Waals surface area (Å²) in [6, 6.07) is 7.15. The number of amides is 3. The molecule has 1 aromatic rings. The number of anilines is 1. The molecule has 1 atom stereocenters. The van der Waals surface area contributed by atoms with Crippen LogP contribution in [0.25, 0.3) is 0 Å². The van der Waals surface area contributed by atoms with Gasteiger partial charge in [0.05, 0.1) is 0 Å². The van der Waals surface area contributed by atoms with Crippen molar-refractivity contribution in [3.63, 3.8) is 0 Å². The van der Waals surface area contributed by atoms with Gasteiger partial charge in [0.1, 0.15) is 13.2 Å². The second-order valence-electron chi connectivity index (χ2n) is 6.66. The Bertz CT molecular complexity index is 769. The summed E-state index contributed by atoms with van der Waals surface area (Å²) in [7, 11) is 0. The molecule has 1 N–H and O–H groups in total. The molecular formula is C20H22N2O5. The smallest absolute Gasteiger partial charge is 0.250 e. The van der Waals surface area contributed by atoms with Gasteiger partial charge in [-0.1, -0.05) is 24.3 Å². The Kier molecular flexibility index (Phi) is 6.13. The lowest BCUT2D eigenvalue weighted by molar-refractivity contribution is -0.152. The van der Waals surface area contributed by atoms with Crippen molar-refractivity contribution in [2.45, 2.75) is 25.7 Å². The number of ketones is 1. The molecule has 0 radical (unpaired) electrons. The van der Waals surface area contributed by atoms with Gasteiger partial charge in [-0.05, 0) is 30.5 Å². The first-order valence-corrected chi connectivity index (χ1v) is 9.02. The molecule has 1 fully saturated rings. The highest BCUT2D eigenvalue weighted by atomic mass is 16.5. The van der Waals surface area contributed by atoms with Gasteiger partial charge < -0.3 is 10.1 Å². The zero-order valence-corrected chi connectivity index (χ0v) is 15.0. The molecule has 3 rings (SSSR count). The Hall–Kier alpha value is -2.80. The van der Waals surface area contributed by atoms with Gasteiger partial charge in [0.25, 0.3) is 0 Å². The molecule has 7 heteroatoms. The Labute approximate surface area is 157 Å². The number of benzene rings is 1. The highest BCUT2D eigenvalue weighted by Gasteiger charge is 2.29. The zero-order valence-electron chi connectivity index (χ0n) is 15.0. The molecule has 1 unspecified atom stereocenters. The number of allylic oxidation sites excluding steroid dienone is 2. The number of nitrogens with zero attached hydrogens (tertiary/aromatic N) is 1. The van der Waals surface area contributed by atoms with E-state index in [0.717, 1.165) is 12.0 Å². The third-order valence-electron chi connectivity index (χ3n) is 4.67. The first-order valence-electron chi connectivity index (χ1n) is 9.02. The van der Waals surface area contributed by atoms with Gasteiger partial charge in [-0.2, -0.15) is 0 Å². The zero-order chi connectivity index (χ0) is 19.2. The Morgan fingerprint density at radius 1 is 1.15 bits per heavy atom. The maximum absolute atomic E-state index is 11.8. The molecule has 7 nitrogen and oxygen atoms in total. The molecule has 3 amide bonds. The lowest BCUT2D eigenvalue weighted by atomic mass is 9.91. The fraction of sp³-hybridized carbons (Fsp3) is 0.400. The summed E-state index contributed by atoms with van der Waals surface area (Å²) in [5, 5.41) is 2.70. The van der Waals surface area contributed by atoms with E-state index in [0.29, 0.717) is 25.1 Å². The number of hydrogen-bond acceptors (Lipinski definition) is 5.